The van der Waals surface area contributed by atoms with Crippen LogP contribution < -0.4 is 4.90 Å². The standard InChI is InChI=1S/C21H31BrN2O3/c1-7-19(2,3)21-10-11-23(6)18(21)24(17(26)16(25)20(4,5)27)15-12-13(22)8-9-14(15)21/h7-9,12,16-18,25-27H,1,10-11H2,2-6H3/t16?,17?,18-,21-/m1/s1. The Bertz CT molecular complexity index is 745. The Balaban J connectivity index is 2.24. The molecule has 1 fully saturated rings. The maximum absolute atomic E-state index is 11.2. The van der Waals surface area contributed by atoms with Gasteiger partial charge in [0.2, 0.25) is 0 Å². The lowest BCUT2D eigenvalue weighted by atomic mass is 9.60. The third-order valence-electron chi connectivity index (χ3n) is 6.65. The highest BCUT2D eigenvalue weighted by atomic mass is 79.9. The van der Waals surface area contributed by atoms with Crippen LogP contribution in [0.3, 0.4) is 0 Å². The summed E-state index contributed by atoms with van der Waals surface area (Å²) in [6, 6.07) is 6.13. The first-order valence-corrected chi connectivity index (χ1v) is 10.2. The van der Waals surface area contributed by atoms with Gasteiger partial charge >= 0.3 is 0 Å². The molecule has 5 nitrogen and oxygen atoms in total. The summed E-state index contributed by atoms with van der Waals surface area (Å²) in [6.45, 7) is 12.4. The fraction of sp³-hybridized carbons (Fsp3) is 0.619. The fourth-order valence-electron chi connectivity index (χ4n) is 4.92. The number of aliphatic hydroxyl groups is 3. The third kappa shape index (κ3) is 2.88. The number of aliphatic hydroxyl groups excluding tert-OH is 2. The highest BCUT2D eigenvalue weighted by molar-refractivity contribution is 9.10. The minimum atomic E-state index is -1.43. The molecule has 150 valence electrons. The molecule has 6 heteroatoms. The SMILES string of the molecule is C=CC(C)(C)[C@@]12CCN(C)[C@@H]1N(C(O)C(O)C(C)(C)O)c1cc(Br)ccc12. The molecule has 1 aromatic rings. The van der Waals surface area contributed by atoms with Gasteiger partial charge in [0.15, 0.2) is 6.23 Å². The number of nitrogens with zero attached hydrogens (tertiary/aromatic N) is 2. The van der Waals surface area contributed by atoms with Crippen molar-refractivity contribution >= 4 is 21.6 Å². The zero-order chi connectivity index (χ0) is 20.4. The topological polar surface area (TPSA) is 67.2 Å². The van der Waals surface area contributed by atoms with Crippen molar-refractivity contribution in [3.63, 3.8) is 0 Å². The molecule has 1 saturated heterocycles. The van der Waals surface area contributed by atoms with E-state index in [2.05, 4.69) is 47.3 Å². The fourth-order valence-corrected chi connectivity index (χ4v) is 5.27. The minimum Gasteiger partial charge on any atom is -0.388 e. The Hall–Kier alpha value is -0.920. The van der Waals surface area contributed by atoms with Crippen molar-refractivity contribution in [1.29, 1.82) is 0 Å². The summed E-state index contributed by atoms with van der Waals surface area (Å²) in [5, 5.41) is 32.1. The summed E-state index contributed by atoms with van der Waals surface area (Å²) < 4.78 is 0.908. The van der Waals surface area contributed by atoms with Gasteiger partial charge in [-0.05, 0) is 50.4 Å². The monoisotopic (exact) mass is 438 g/mol. The third-order valence-corrected chi connectivity index (χ3v) is 7.14. The first-order chi connectivity index (χ1) is 12.4. The van der Waals surface area contributed by atoms with Gasteiger partial charge in [0.25, 0.3) is 0 Å². The van der Waals surface area contributed by atoms with E-state index in [0.717, 1.165) is 28.7 Å². The normalized spacial score (nSPS) is 28.0. The molecule has 0 saturated carbocycles. The van der Waals surface area contributed by atoms with E-state index >= 15 is 0 Å². The van der Waals surface area contributed by atoms with Crippen LogP contribution in [0.25, 0.3) is 0 Å². The molecule has 0 aliphatic carbocycles. The van der Waals surface area contributed by atoms with E-state index in [1.807, 2.05) is 30.2 Å². The Morgan fingerprint density at radius 1 is 1.30 bits per heavy atom. The van der Waals surface area contributed by atoms with E-state index in [-0.39, 0.29) is 17.0 Å². The van der Waals surface area contributed by atoms with Crippen LogP contribution in [-0.4, -0.2) is 57.9 Å². The summed E-state index contributed by atoms with van der Waals surface area (Å²) in [5.41, 5.74) is 0.0830. The second kappa shape index (κ2) is 6.56. The number of hydrogen-bond donors (Lipinski definition) is 3. The Kier molecular flexibility index (Phi) is 5.06. The lowest BCUT2D eigenvalue weighted by Gasteiger charge is -2.47. The predicted octanol–water partition coefficient (Wildman–Crippen LogP) is 2.83. The summed E-state index contributed by atoms with van der Waals surface area (Å²) in [5.74, 6) is 0. The predicted molar refractivity (Wildman–Crippen MR) is 112 cm³/mol. The van der Waals surface area contributed by atoms with E-state index in [1.165, 1.54) is 13.8 Å². The van der Waals surface area contributed by atoms with E-state index in [9.17, 15) is 15.3 Å². The first-order valence-electron chi connectivity index (χ1n) is 9.39. The Morgan fingerprint density at radius 2 is 1.93 bits per heavy atom. The van der Waals surface area contributed by atoms with Gasteiger partial charge in [-0.1, -0.05) is 41.9 Å². The van der Waals surface area contributed by atoms with Gasteiger partial charge in [-0.2, -0.15) is 0 Å². The number of likely N-dealkylation sites (N-methyl/N-ethyl adjacent to an activating group) is 1. The molecule has 2 aliphatic heterocycles. The maximum atomic E-state index is 11.2. The van der Waals surface area contributed by atoms with E-state index in [1.54, 1.807) is 0 Å². The molecule has 2 aliphatic rings. The second-order valence-electron chi connectivity index (χ2n) is 9.08. The van der Waals surface area contributed by atoms with Crippen LogP contribution in [0, 0.1) is 5.41 Å². The number of benzene rings is 1. The molecule has 0 amide bonds. The van der Waals surface area contributed by atoms with Crippen molar-refractivity contribution in [1.82, 2.24) is 4.90 Å². The average Bonchev–Trinajstić information content (AvgIpc) is 3.07. The minimum absolute atomic E-state index is 0.151. The lowest BCUT2D eigenvalue weighted by molar-refractivity contribution is -0.111. The molecule has 0 spiro atoms. The molecule has 2 heterocycles. The molecule has 3 rings (SSSR count). The van der Waals surface area contributed by atoms with Crippen LogP contribution in [0.1, 0.15) is 39.7 Å². The van der Waals surface area contributed by atoms with Gasteiger partial charge in [0, 0.05) is 22.1 Å². The molecular formula is C21H31BrN2O3. The number of fused-ring (bicyclic) bond motifs is 3. The zero-order valence-electron chi connectivity index (χ0n) is 16.8. The van der Waals surface area contributed by atoms with Crippen LogP contribution in [-0.2, 0) is 5.41 Å². The van der Waals surface area contributed by atoms with Crippen molar-refractivity contribution in [3.05, 3.63) is 40.9 Å². The number of anilines is 1. The van der Waals surface area contributed by atoms with E-state index < -0.39 is 17.9 Å². The smallest absolute Gasteiger partial charge is 0.157 e. The van der Waals surface area contributed by atoms with Crippen LogP contribution in [0.2, 0.25) is 0 Å². The van der Waals surface area contributed by atoms with Gasteiger partial charge in [0.1, 0.15) is 6.10 Å². The van der Waals surface area contributed by atoms with Gasteiger partial charge in [-0.3, -0.25) is 4.90 Å². The average molecular weight is 439 g/mol. The van der Waals surface area contributed by atoms with Crippen molar-refractivity contribution in [2.24, 2.45) is 5.41 Å². The van der Waals surface area contributed by atoms with Crippen LogP contribution in [0.5, 0.6) is 0 Å². The Labute approximate surface area is 170 Å². The second-order valence-corrected chi connectivity index (χ2v) is 10.00. The summed E-state index contributed by atoms with van der Waals surface area (Å²) in [4.78, 5) is 4.10. The number of halogens is 1. The van der Waals surface area contributed by atoms with Crippen LogP contribution in [0.4, 0.5) is 5.69 Å². The molecule has 27 heavy (non-hydrogen) atoms. The summed E-state index contributed by atoms with van der Waals surface area (Å²) >= 11 is 3.54. The quantitative estimate of drug-likeness (QED) is 0.616. The summed E-state index contributed by atoms with van der Waals surface area (Å²) in [7, 11) is 2.04. The van der Waals surface area contributed by atoms with E-state index in [4.69, 9.17) is 0 Å². The number of hydrogen-bond acceptors (Lipinski definition) is 5. The van der Waals surface area contributed by atoms with Crippen molar-refractivity contribution < 1.29 is 15.3 Å². The highest BCUT2D eigenvalue weighted by Crippen LogP contribution is 2.61. The summed E-state index contributed by atoms with van der Waals surface area (Å²) in [6.07, 6.45) is 0.200. The van der Waals surface area contributed by atoms with Crippen molar-refractivity contribution in [2.45, 2.75) is 63.6 Å². The molecular weight excluding hydrogens is 408 g/mol. The van der Waals surface area contributed by atoms with Gasteiger partial charge < -0.3 is 20.2 Å². The lowest BCUT2D eigenvalue weighted by Crippen LogP contribution is -2.61. The highest BCUT2D eigenvalue weighted by Gasteiger charge is 2.63. The zero-order valence-corrected chi connectivity index (χ0v) is 18.4. The molecule has 3 N–H and O–H groups in total. The number of likely N-dealkylation sites (tertiary alicyclic amines) is 1. The molecule has 2 unspecified atom stereocenters. The van der Waals surface area contributed by atoms with Gasteiger partial charge in [-0.25, -0.2) is 0 Å². The van der Waals surface area contributed by atoms with Gasteiger partial charge in [-0.15, -0.1) is 6.58 Å². The van der Waals surface area contributed by atoms with E-state index in [0.29, 0.717) is 0 Å². The van der Waals surface area contributed by atoms with Crippen LogP contribution in [0.15, 0.2) is 35.3 Å². The largest absolute Gasteiger partial charge is 0.388 e. The Morgan fingerprint density at radius 3 is 2.48 bits per heavy atom. The first kappa shape index (κ1) is 20.8. The molecule has 0 radical (unpaired) electrons. The number of rotatable bonds is 5. The number of allylic oxidation sites excluding steroid dienone is 1. The van der Waals surface area contributed by atoms with Crippen LogP contribution >= 0.6 is 15.9 Å². The van der Waals surface area contributed by atoms with Crippen molar-refractivity contribution in [2.75, 3.05) is 18.5 Å². The maximum Gasteiger partial charge on any atom is 0.157 e. The molecule has 0 aromatic heterocycles. The molecule has 1 aromatic carbocycles. The van der Waals surface area contributed by atoms with Crippen molar-refractivity contribution in [3.8, 4) is 0 Å². The molecule has 0 bridgehead atoms. The molecule has 4 atom stereocenters. The van der Waals surface area contributed by atoms with Gasteiger partial charge in [0.05, 0.1) is 11.8 Å².